The van der Waals surface area contributed by atoms with Crippen molar-refractivity contribution in [3.8, 4) is 11.5 Å². The SMILES string of the molecule is COc1cc(/C=C2\C(=O)NC(=O)N(Cc3ccco3)C2=O)cc(Br)c1OCC(=O)Nc1ccc(F)cc1. The maximum Gasteiger partial charge on any atom is 0.331 e. The fourth-order valence-electron chi connectivity index (χ4n) is 3.39. The van der Waals surface area contributed by atoms with Gasteiger partial charge in [0, 0.05) is 5.69 Å². The maximum absolute atomic E-state index is 13.0. The first-order chi connectivity index (χ1) is 17.7. The van der Waals surface area contributed by atoms with E-state index >= 15 is 0 Å². The normalized spacial score (nSPS) is 14.5. The van der Waals surface area contributed by atoms with Gasteiger partial charge in [-0.3, -0.25) is 24.6 Å². The molecule has 12 heteroatoms. The number of furan rings is 1. The maximum atomic E-state index is 13.0. The number of rotatable bonds is 8. The molecule has 2 N–H and O–H groups in total. The standard InChI is InChI=1S/C25H19BrFN3O7/c1-35-20-11-14(9-18-23(32)29-25(34)30(24(18)33)12-17-3-2-8-36-17)10-19(26)22(20)37-13-21(31)28-16-6-4-15(27)5-7-16/h2-11H,12-13H2,1H3,(H,28,31)(H,29,32,34)/b18-9+. The van der Waals surface area contributed by atoms with Gasteiger partial charge in [0.1, 0.15) is 17.2 Å². The molecule has 5 amide bonds. The average Bonchev–Trinajstić information content (AvgIpc) is 3.38. The Balaban J connectivity index is 1.51. The highest BCUT2D eigenvalue weighted by Gasteiger charge is 2.36. The Hall–Kier alpha value is -4.45. The molecule has 10 nitrogen and oxygen atoms in total. The van der Waals surface area contributed by atoms with E-state index in [4.69, 9.17) is 13.9 Å². The second kappa shape index (κ2) is 11.1. The van der Waals surface area contributed by atoms with Crippen LogP contribution in [-0.2, 0) is 20.9 Å². The van der Waals surface area contributed by atoms with Crippen LogP contribution in [-0.4, -0.2) is 42.4 Å². The summed E-state index contributed by atoms with van der Waals surface area (Å²) in [7, 11) is 1.38. The minimum Gasteiger partial charge on any atom is -0.493 e. The fourth-order valence-corrected chi connectivity index (χ4v) is 3.97. The van der Waals surface area contributed by atoms with Crippen LogP contribution in [0.4, 0.5) is 14.9 Å². The highest BCUT2D eigenvalue weighted by molar-refractivity contribution is 9.10. The minimum atomic E-state index is -0.857. The van der Waals surface area contributed by atoms with Crippen molar-refractivity contribution in [2.24, 2.45) is 0 Å². The predicted molar refractivity (Wildman–Crippen MR) is 132 cm³/mol. The molecule has 1 saturated heterocycles. The summed E-state index contributed by atoms with van der Waals surface area (Å²) in [6.07, 6.45) is 2.71. The number of carbonyl (C=O) groups is 4. The number of ether oxygens (including phenoxy) is 2. The summed E-state index contributed by atoms with van der Waals surface area (Å²) in [5.41, 5.74) is 0.517. The Morgan fingerprint density at radius 3 is 2.62 bits per heavy atom. The molecule has 2 aromatic carbocycles. The number of imide groups is 2. The van der Waals surface area contributed by atoms with Gasteiger partial charge < -0.3 is 19.2 Å². The van der Waals surface area contributed by atoms with Gasteiger partial charge in [0.05, 0.1) is 24.4 Å². The van der Waals surface area contributed by atoms with Crippen molar-refractivity contribution < 1.29 is 37.5 Å². The van der Waals surface area contributed by atoms with E-state index in [9.17, 15) is 23.6 Å². The lowest BCUT2D eigenvalue weighted by Gasteiger charge is -2.25. The molecule has 2 heterocycles. The number of nitrogens with one attached hydrogen (secondary N) is 2. The van der Waals surface area contributed by atoms with Crippen LogP contribution in [0.2, 0.25) is 0 Å². The molecular weight excluding hydrogens is 553 g/mol. The van der Waals surface area contributed by atoms with Crippen LogP contribution >= 0.6 is 15.9 Å². The van der Waals surface area contributed by atoms with Gasteiger partial charge in [0.2, 0.25) is 0 Å². The summed E-state index contributed by atoms with van der Waals surface area (Å²) < 4.78 is 29.6. The highest BCUT2D eigenvalue weighted by Crippen LogP contribution is 2.37. The second-order valence-corrected chi connectivity index (χ2v) is 8.52. The van der Waals surface area contributed by atoms with Gasteiger partial charge in [0.25, 0.3) is 17.7 Å². The van der Waals surface area contributed by atoms with Crippen LogP contribution in [0.3, 0.4) is 0 Å². The molecule has 37 heavy (non-hydrogen) atoms. The Morgan fingerprint density at radius 1 is 1.19 bits per heavy atom. The molecule has 0 radical (unpaired) electrons. The zero-order valence-corrected chi connectivity index (χ0v) is 20.8. The number of methoxy groups -OCH3 is 1. The Morgan fingerprint density at radius 2 is 1.95 bits per heavy atom. The summed E-state index contributed by atoms with van der Waals surface area (Å²) in [5.74, 6) is -1.78. The third-order valence-corrected chi connectivity index (χ3v) is 5.71. The van der Waals surface area contributed by atoms with Gasteiger partial charge in [-0.25, -0.2) is 9.18 Å². The Kier molecular flexibility index (Phi) is 7.68. The van der Waals surface area contributed by atoms with Gasteiger partial charge >= 0.3 is 6.03 Å². The van der Waals surface area contributed by atoms with E-state index < -0.39 is 29.6 Å². The topological polar surface area (TPSA) is 127 Å². The predicted octanol–water partition coefficient (Wildman–Crippen LogP) is 3.87. The van der Waals surface area contributed by atoms with E-state index in [0.717, 1.165) is 4.90 Å². The first-order valence-electron chi connectivity index (χ1n) is 10.7. The van der Waals surface area contributed by atoms with E-state index in [1.807, 2.05) is 0 Å². The quantitative estimate of drug-likeness (QED) is 0.310. The summed E-state index contributed by atoms with van der Waals surface area (Å²) in [6, 6.07) is 10.7. The van der Waals surface area contributed by atoms with E-state index in [1.165, 1.54) is 49.8 Å². The molecule has 0 spiro atoms. The van der Waals surface area contributed by atoms with E-state index in [1.54, 1.807) is 18.2 Å². The molecule has 0 bridgehead atoms. The fraction of sp³-hybridized carbons (Fsp3) is 0.120. The third-order valence-electron chi connectivity index (χ3n) is 5.12. The van der Waals surface area contributed by atoms with Gasteiger partial charge in [0.15, 0.2) is 18.1 Å². The minimum absolute atomic E-state index is 0.151. The van der Waals surface area contributed by atoms with Crippen LogP contribution in [0.5, 0.6) is 11.5 Å². The number of nitrogens with zero attached hydrogens (tertiary/aromatic N) is 1. The van der Waals surface area contributed by atoms with Crippen molar-refractivity contribution in [3.63, 3.8) is 0 Å². The van der Waals surface area contributed by atoms with Gasteiger partial charge in [-0.15, -0.1) is 0 Å². The number of amides is 5. The molecule has 0 aliphatic carbocycles. The van der Waals surface area contributed by atoms with Crippen molar-refractivity contribution in [3.05, 3.63) is 82.0 Å². The third kappa shape index (κ3) is 6.04. The van der Waals surface area contributed by atoms with E-state index in [2.05, 4.69) is 26.6 Å². The van der Waals surface area contributed by atoms with Crippen molar-refractivity contribution in [2.75, 3.05) is 19.0 Å². The molecular formula is C25H19BrFN3O7. The van der Waals surface area contributed by atoms with Gasteiger partial charge in [-0.1, -0.05) is 0 Å². The lowest BCUT2D eigenvalue weighted by atomic mass is 10.1. The molecule has 0 unspecified atom stereocenters. The van der Waals surface area contributed by atoms with Crippen LogP contribution in [0, 0.1) is 5.82 Å². The van der Waals surface area contributed by atoms with Gasteiger partial charge in [-0.05, 0) is 76.1 Å². The summed E-state index contributed by atoms with van der Waals surface area (Å²) in [5, 5.41) is 4.72. The summed E-state index contributed by atoms with van der Waals surface area (Å²) in [6.45, 7) is -0.528. The summed E-state index contributed by atoms with van der Waals surface area (Å²) in [4.78, 5) is 50.6. The monoisotopic (exact) mass is 571 g/mol. The Labute approximate surface area is 218 Å². The number of carbonyl (C=O) groups excluding carboxylic acids is 4. The molecule has 1 fully saturated rings. The Bertz CT molecular complexity index is 1390. The first kappa shape index (κ1) is 25.6. The number of barbiturate groups is 1. The van der Waals surface area contributed by atoms with Crippen LogP contribution < -0.4 is 20.1 Å². The van der Waals surface area contributed by atoms with Crippen molar-refractivity contribution in [1.29, 1.82) is 0 Å². The molecule has 190 valence electrons. The van der Waals surface area contributed by atoms with Crippen molar-refractivity contribution >= 4 is 51.4 Å². The van der Waals surface area contributed by atoms with Crippen LogP contribution in [0.15, 0.2) is 69.3 Å². The largest absolute Gasteiger partial charge is 0.493 e. The molecule has 0 atom stereocenters. The molecule has 0 saturated carbocycles. The molecule has 1 aliphatic heterocycles. The number of halogens is 2. The molecule has 1 aliphatic rings. The summed E-state index contributed by atoms with van der Waals surface area (Å²) >= 11 is 3.35. The number of benzene rings is 2. The molecule has 3 aromatic rings. The first-order valence-corrected chi connectivity index (χ1v) is 11.5. The zero-order chi connectivity index (χ0) is 26.5. The van der Waals surface area contributed by atoms with Gasteiger partial charge in [-0.2, -0.15) is 0 Å². The van der Waals surface area contributed by atoms with Crippen molar-refractivity contribution in [1.82, 2.24) is 10.2 Å². The average molecular weight is 572 g/mol. The number of hydrogen-bond donors (Lipinski definition) is 2. The lowest BCUT2D eigenvalue weighted by molar-refractivity contribution is -0.130. The molecule has 1 aromatic heterocycles. The number of anilines is 1. The highest BCUT2D eigenvalue weighted by atomic mass is 79.9. The number of hydrogen-bond acceptors (Lipinski definition) is 7. The lowest BCUT2D eigenvalue weighted by Crippen LogP contribution is -2.53. The zero-order valence-electron chi connectivity index (χ0n) is 19.2. The van der Waals surface area contributed by atoms with Crippen LogP contribution in [0.1, 0.15) is 11.3 Å². The second-order valence-electron chi connectivity index (χ2n) is 7.67. The van der Waals surface area contributed by atoms with E-state index in [-0.39, 0.29) is 30.2 Å². The number of urea groups is 1. The van der Waals surface area contributed by atoms with Crippen molar-refractivity contribution in [2.45, 2.75) is 6.54 Å². The molecule has 4 rings (SSSR count). The van der Waals surface area contributed by atoms with E-state index in [0.29, 0.717) is 21.5 Å². The smallest absolute Gasteiger partial charge is 0.331 e. The van der Waals surface area contributed by atoms with Crippen LogP contribution in [0.25, 0.3) is 6.08 Å².